The minimum absolute atomic E-state index is 0.0614. The molecule has 4 heterocycles. The van der Waals surface area contributed by atoms with Crippen molar-refractivity contribution in [3.05, 3.63) is 52.8 Å². The number of Topliss-reactive ketones (excluding diaryl/α,β-unsaturated/α-hetero) is 1. The molecule has 0 radical (unpaired) electrons. The van der Waals surface area contributed by atoms with E-state index in [9.17, 15) is 39.9 Å². The molecule has 4 aliphatic rings. The first kappa shape index (κ1) is 44.0. The Morgan fingerprint density at radius 3 is 2.26 bits per heavy atom. The average Bonchev–Trinajstić information content (AvgIpc) is 3.46. The summed E-state index contributed by atoms with van der Waals surface area (Å²) in [6.07, 6.45) is 7.74. The summed E-state index contributed by atoms with van der Waals surface area (Å²) < 4.78 is 23.6. The first-order chi connectivity index (χ1) is 27.3. The number of anilines is 1. The molecular formula is C43H57N3O12. The molecule has 5 bridgehead atoms. The third-order valence-electron chi connectivity index (χ3n) is 11.7. The van der Waals surface area contributed by atoms with Crippen LogP contribution in [0.3, 0.4) is 0 Å². The van der Waals surface area contributed by atoms with Gasteiger partial charge in [0.15, 0.2) is 5.75 Å². The lowest BCUT2D eigenvalue weighted by atomic mass is 9.78. The second-order valence-electron chi connectivity index (χ2n) is 15.9. The molecule has 58 heavy (non-hydrogen) atoms. The molecule has 1 saturated heterocycles. The molecule has 1 amide bonds. The van der Waals surface area contributed by atoms with Crippen molar-refractivity contribution in [3.8, 4) is 23.0 Å². The summed E-state index contributed by atoms with van der Waals surface area (Å²) in [5.74, 6) is -8.27. The molecule has 15 heteroatoms. The number of fused-ring (bicyclic) bond motifs is 14. The highest BCUT2D eigenvalue weighted by atomic mass is 16.7. The molecule has 4 aliphatic heterocycles. The topological polar surface area (TPSA) is 217 Å². The van der Waals surface area contributed by atoms with Gasteiger partial charge in [-0.25, -0.2) is 0 Å². The molecule has 0 saturated carbocycles. The Labute approximate surface area is 338 Å². The number of phenols is 3. The van der Waals surface area contributed by atoms with Gasteiger partial charge in [0.05, 0.1) is 53.0 Å². The van der Waals surface area contributed by atoms with Gasteiger partial charge in [0.2, 0.25) is 0 Å². The number of piperidine rings is 1. The predicted octanol–water partition coefficient (Wildman–Crippen LogP) is 5.57. The molecule has 2 aromatic rings. The summed E-state index contributed by atoms with van der Waals surface area (Å²) in [5, 5.41) is 66.8. The first-order valence-corrected chi connectivity index (χ1v) is 19.7. The number of carbonyl (C=O) groups is 3. The molecule has 15 nitrogen and oxygen atoms in total. The van der Waals surface area contributed by atoms with E-state index in [0.717, 1.165) is 19.3 Å². The zero-order valence-electron chi connectivity index (χ0n) is 34.6. The number of ether oxygens (including phenoxy) is 4. The van der Waals surface area contributed by atoms with Gasteiger partial charge in [0, 0.05) is 74.2 Å². The second kappa shape index (κ2) is 17.8. The maximum absolute atomic E-state index is 14.4. The van der Waals surface area contributed by atoms with Gasteiger partial charge in [-0.05, 0) is 39.2 Å². The van der Waals surface area contributed by atoms with Gasteiger partial charge >= 0.3 is 11.8 Å². The van der Waals surface area contributed by atoms with Crippen LogP contribution in [0.5, 0.6) is 23.0 Å². The van der Waals surface area contributed by atoms with Crippen LogP contribution in [0.2, 0.25) is 0 Å². The number of ketones is 1. The van der Waals surface area contributed by atoms with Crippen molar-refractivity contribution in [1.29, 1.82) is 0 Å². The van der Waals surface area contributed by atoms with Crippen molar-refractivity contribution >= 4 is 40.3 Å². The number of methoxy groups -OCH3 is 1. The van der Waals surface area contributed by atoms with E-state index in [1.165, 1.54) is 59.4 Å². The van der Waals surface area contributed by atoms with Crippen LogP contribution in [0.4, 0.5) is 5.69 Å². The quantitative estimate of drug-likeness (QED) is 0.0965. The number of esters is 1. The van der Waals surface area contributed by atoms with Crippen LogP contribution in [0.1, 0.15) is 89.2 Å². The normalized spacial score (nSPS) is 32.1. The van der Waals surface area contributed by atoms with Crippen molar-refractivity contribution in [2.45, 2.75) is 105 Å². The third kappa shape index (κ3) is 8.52. The van der Waals surface area contributed by atoms with Gasteiger partial charge in [0.1, 0.15) is 23.4 Å². The van der Waals surface area contributed by atoms with Crippen molar-refractivity contribution in [1.82, 2.24) is 5.01 Å². The summed E-state index contributed by atoms with van der Waals surface area (Å²) >= 11 is 0. The van der Waals surface area contributed by atoms with Crippen LogP contribution in [-0.2, 0) is 23.8 Å². The number of allylic oxidation sites excluding steroid dienone is 2. The molecule has 9 atom stereocenters. The number of aliphatic hydroxyl groups is 2. The number of aromatic hydroxyl groups is 3. The smallest absolute Gasteiger partial charge is 0.312 e. The standard InChI is InChI=1S/C43H57N3O12/c1-21-14-13-15-22(2)42(54)45-33-28(20-44-46-17-11-10-12-18-46)37(51)30-31(38(33)52)36(50)26(6)40-32(30)41(53)43(8,58-40)56-19-16-29(55-9)23(3)39(57-27(7)47)25(5)35(49)24(4)34(21)48/h13-16,19-21,23-25,29,34-35,39,48-52H,10-12,17-18H2,1-9H3,(H,45,54)/b14-13+,19-16+,22-15-,44-20?/t21-,23-,24+,25-,29-,34-,35+,39+,43-/m0/s1. The van der Waals surface area contributed by atoms with Crippen molar-refractivity contribution in [2.75, 3.05) is 25.5 Å². The zero-order chi connectivity index (χ0) is 42.8. The lowest BCUT2D eigenvalue weighted by Gasteiger charge is -2.38. The lowest BCUT2D eigenvalue weighted by molar-refractivity contribution is -0.160. The molecule has 2 aromatic carbocycles. The molecule has 316 valence electrons. The Bertz CT molecular complexity index is 2040. The number of carbonyl (C=O) groups excluding carboxylic acids is 3. The molecule has 1 fully saturated rings. The molecule has 0 unspecified atom stereocenters. The van der Waals surface area contributed by atoms with E-state index >= 15 is 0 Å². The van der Waals surface area contributed by atoms with E-state index in [0.29, 0.717) is 13.1 Å². The van der Waals surface area contributed by atoms with Gasteiger partial charge < -0.3 is 49.8 Å². The van der Waals surface area contributed by atoms with E-state index in [1.54, 1.807) is 44.9 Å². The van der Waals surface area contributed by atoms with Gasteiger partial charge in [-0.15, -0.1) is 0 Å². The van der Waals surface area contributed by atoms with Gasteiger partial charge in [-0.3, -0.25) is 19.4 Å². The van der Waals surface area contributed by atoms with Crippen LogP contribution >= 0.6 is 0 Å². The number of nitrogens with one attached hydrogen (secondary N) is 1. The number of phenolic OH excluding ortho intramolecular Hbond substituents is 3. The van der Waals surface area contributed by atoms with Gasteiger partial charge in [-0.2, -0.15) is 5.10 Å². The van der Waals surface area contributed by atoms with E-state index in [-0.39, 0.29) is 44.5 Å². The Balaban J connectivity index is 1.71. The van der Waals surface area contributed by atoms with Crippen LogP contribution in [0.25, 0.3) is 10.8 Å². The van der Waals surface area contributed by atoms with Gasteiger partial charge in [0.25, 0.3) is 11.7 Å². The third-order valence-corrected chi connectivity index (χ3v) is 11.7. The fourth-order valence-corrected chi connectivity index (χ4v) is 8.00. The molecule has 6 rings (SSSR count). The number of hydrogen-bond acceptors (Lipinski definition) is 14. The minimum Gasteiger partial charge on any atom is -0.507 e. The Kier molecular flexibility index (Phi) is 13.5. The summed E-state index contributed by atoms with van der Waals surface area (Å²) in [5.41, 5.74) is -0.303. The summed E-state index contributed by atoms with van der Waals surface area (Å²) in [4.78, 5) is 40.4. The number of hydrazone groups is 1. The molecule has 0 spiro atoms. The number of rotatable bonds is 4. The molecular weight excluding hydrogens is 750 g/mol. The van der Waals surface area contributed by atoms with Gasteiger partial charge in [-0.1, -0.05) is 45.9 Å². The fourth-order valence-electron chi connectivity index (χ4n) is 8.00. The number of hydrogen-bond donors (Lipinski definition) is 6. The monoisotopic (exact) mass is 807 g/mol. The van der Waals surface area contributed by atoms with Crippen LogP contribution in [0.15, 0.2) is 41.2 Å². The second-order valence-corrected chi connectivity index (χ2v) is 15.9. The summed E-state index contributed by atoms with van der Waals surface area (Å²) in [7, 11) is 1.44. The van der Waals surface area contributed by atoms with E-state index in [1.807, 2.05) is 0 Å². The maximum Gasteiger partial charge on any atom is 0.312 e. The number of aliphatic hydroxyl groups excluding tert-OH is 2. The number of amides is 1. The summed E-state index contributed by atoms with van der Waals surface area (Å²) in [6.45, 7) is 13.8. The van der Waals surface area contributed by atoms with E-state index in [4.69, 9.17) is 18.9 Å². The van der Waals surface area contributed by atoms with Crippen LogP contribution in [-0.4, -0.2) is 105 Å². The lowest BCUT2D eigenvalue weighted by Crippen LogP contribution is -2.46. The highest BCUT2D eigenvalue weighted by Gasteiger charge is 2.50. The number of benzene rings is 2. The summed E-state index contributed by atoms with van der Waals surface area (Å²) in [6, 6.07) is 0. The molecule has 0 aliphatic carbocycles. The Hall–Kier alpha value is -5.12. The maximum atomic E-state index is 14.4. The Morgan fingerprint density at radius 2 is 1.62 bits per heavy atom. The van der Waals surface area contributed by atoms with Crippen LogP contribution in [0, 0.1) is 30.6 Å². The number of nitrogens with zero attached hydrogens (tertiary/aromatic N) is 2. The fraction of sp³-hybridized carbons (Fsp3) is 0.535. The highest BCUT2D eigenvalue weighted by Crippen LogP contribution is 2.55. The Morgan fingerprint density at radius 1 is 0.948 bits per heavy atom. The average molecular weight is 808 g/mol. The van der Waals surface area contributed by atoms with Crippen molar-refractivity contribution in [3.63, 3.8) is 0 Å². The van der Waals surface area contributed by atoms with Crippen molar-refractivity contribution < 1.29 is 58.9 Å². The zero-order valence-corrected chi connectivity index (χ0v) is 34.6. The first-order valence-electron chi connectivity index (χ1n) is 19.7. The predicted molar refractivity (Wildman–Crippen MR) is 217 cm³/mol. The molecule has 0 aromatic heterocycles. The van der Waals surface area contributed by atoms with E-state index in [2.05, 4.69) is 10.4 Å². The van der Waals surface area contributed by atoms with Crippen LogP contribution < -0.4 is 10.1 Å². The molecule has 6 N–H and O–H groups in total. The minimum atomic E-state index is -2.03. The SMILES string of the molecule is CO[C@H]1/C=C/O[C@@]2(C)Oc3c(C)c(O)c4c(O)c(c(C=NN5CCCCC5)c(O)c4c3C2=O)NC(=O)/C(C)=C\C=C\[C@H](C)[C@H](O)[C@@H](C)[C@@H](O)[C@H](C)[C@H](OC(C)=O)[C@H]1C. The van der Waals surface area contributed by atoms with E-state index < -0.39 is 88.8 Å². The largest absolute Gasteiger partial charge is 0.507 e. The highest BCUT2D eigenvalue weighted by molar-refractivity contribution is 6.23. The van der Waals surface area contributed by atoms with Crippen molar-refractivity contribution in [2.24, 2.45) is 28.8 Å².